The van der Waals surface area contributed by atoms with E-state index >= 15 is 0 Å². The highest BCUT2D eigenvalue weighted by Crippen LogP contribution is 2.34. The van der Waals surface area contributed by atoms with Gasteiger partial charge in [0.2, 0.25) is 11.8 Å². The van der Waals surface area contributed by atoms with Crippen molar-refractivity contribution in [2.24, 2.45) is 11.8 Å². The number of amides is 2. The number of carbonyl (C=O) groups excluding carboxylic acids is 2. The average molecular weight is 407 g/mol. The molecule has 0 aliphatic carbocycles. The zero-order valence-corrected chi connectivity index (χ0v) is 17.0. The maximum Gasteiger partial charge on any atom is 0.234 e. The fourth-order valence-corrected chi connectivity index (χ4v) is 5.10. The molecule has 156 valence electrons. The van der Waals surface area contributed by atoms with Crippen molar-refractivity contribution in [1.29, 1.82) is 0 Å². The number of nitrogens with zero attached hydrogens (tertiary/aromatic N) is 3. The van der Waals surface area contributed by atoms with Gasteiger partial charge in [-0.05, 0) is 23.6 Å². The standard InChI is InChI=1S/C24H26FN3O2/c25-22-8-4-3-7-19(22)14-27-15-20-21(16-27)24(30)28(23(20)29)12-11-26-10-9-17-5-1-2-6-18(17)13-26/h1-8,20-21H,9-16H2/t20-,21+. The van der Waals surface area contributed by atoms with Crippen LogP contribution < -0.4 is 0 Å². The van der Waals surface area contributed by atoms with Crippen molar-refractivity contribution in [1.82, 2.24) is 14.7 Å². The second-order valence-electron chi connectivity index (χ2n) is 8.62. The summed E-state index contributed by atoms with van der Waals surface area (Å²) in [6.45, 7) is 4.48. The average Bonchev–Trinajstić information content (AvgIpc) is 3.27. The van der Waals surface area contributed by atoms with Gasteiger partial charge in [0.25, 0.3) is 0 Å². The minimum Gasteiger partial charge on any atom is -0.297 e. The SMILES string of the molecule is O=C1[C@H]2CN(Cc3ccccc3F)C[C@H]2C(=O)N1CCN1CCc2ccccc2C1. The largest absolute Gasteiger partial charge is 0.297 e. The van der Waals surface area contributed by atoms with Gasteiger partial charge >= 0.3 is 0 Å². The van der Waals surface area contributed by atoms with Crippen LogP contribution >= 0.6 is 0 Å². The summed E-state index contributed by atoms with van der Waals surface area (Å²) in [5.41, 5.74) is 3.34. The monoisotopic (exact) mass is 407 g/mol. The van der Waals surface area contributed by atoms with Crippen LogP contribution in [0.3, 0.4) is 0 Å². The van der Waals surface area contributed by atoms with Crippen LogP contribution in [0.4, 0.5) is 4.39 Å². The maximum atomic E-state index is 13.9. The molecule has 2 fully saturated rings. The third-order valence-electron chi connectivity index (χ3n) is 6.76. The molecule has 0 unspecified atom stereocenters. The molecule has 3 heterocycles. The lowest BCUT2D eigenvalue weighted by molar-refractivity contribution is -0.140. The summed E-state index contributed by atoms with van der Waals surface area (Å²) < 4.78 is 13.9. The Labute approximate surface area is 176 Å². The van der Waals surface area contributed by atoms with Crippen LogP contribution in [0, 0.1) is 17.7 Å². The van der Waals surface area contributed by atoms with Crippen molar-refractivity contribution in [3.05, 3.63) is 71.0 Å². The predicted octanol–water partition coefficient (Wildman–Crippen LogP) is 2.30. The second kappa shape index (κ2) is 7.93. The Morgan fingerprint density at radius 1 is 0.833 bits per heavy atom. The molecule has 5 nitrogen and oxygen atoms in total. The van der Waals surface area contributed by atoms with Gasteiger partial charge in [0.1, 0.15) is 5.82 Å². The molecule has 0 radical (unpaired) electrons. The van der Waals surface area contributed by atoms with Gasteiger partial charge in [-0.15, -0.1) is 0 Å². The van der Waals surface area contributed by atoms with Gasteiger partial charge < -0.3 is 0 Å². The van der Waals surface area contributed by atoms with Crippen molar-refractivity contribution in [3.63, 3.8) is 0 Å². The molecule has 30 heavy (non-hydrogen) atoms. The minimum atomic E-state index is -0.286. The molecule has 0 N–H and O–H groups in total. The molecule has 5 rings (SSSR count). The number of hydrogen-bond donors (Lipinski definition) is 0. The van der Waals surface area contributed by atoms with Gasteiger partial charge in [-0.2, -0.15) is 0 Å². The Bertz CT molecular complexity index is 954. The Morgan fingerprint density at radius 2 is 1.50 bits per heavy atom. The van der Waals surface area contributed by atoms with E-state index in [2.05, 4.69) is 29.2 Å². The smallest absolute Gasteiger partial charge is 0.234 e. The number of halogens is 1. The molecule has 3 aliphatic heterocycles. The normalized spacial score (nSPS) is 24.4. The predicted molar refractivity (Wildman–Crippen MR) is 111 cm³/mol. The van der Waals surface area contributed by atoms with Gasteiger partial charge in [0.05, 0.1) is 11.8 Å². The van der Waals surface area contributed by atoms with E-state index in [4.69, 9.17) is 0 Å². The molecule has 0 bridgehead atoms. The first-order valence-electron chi connectivity index (χ1n) is 10.7. The van der Waals surface area contributed by atoms with E-state index in [1.807, 2.05) is 11.0 Å². The zero-order valence-electron chi connectivity index (χ0n) is 17.0. The number of carbonyl (C=O) groups is 2. The van der Waals surface area contributed by atoms with Crippen molar-refractivity contribution >= 4 is 11.8 Å². The van der Waals surface area contributed by atoms with Crippen LogP contribution in [0.15, 0.2) is 48.5 Å². The van der Waals surface area contributed by atoms with Crippen LogP contribution in [0.2, 0.25) is 0 Å². The van der Waals surface area contributed by atoms with E-state index < -0.39 is 0 Å². The van der Waals surface area contributed by atoms with Gasteiger partial charge in [-0.1, -0.05) is 42.5 Å². The fraction of sp³-hybridized carbons (Fsp3) is 0.417. The number of benzene rings is 2. The van der Waals surface area contributed by atoms with Crippen LogP contribution in [0.25, 0.3) is 0 Å². The van der Waals surface area contributed by atoms with E-state index in [1.54, 1.807) is 12.1 Å². The number of hydrogen-bond acceptors (Lipinski definition) is 4. The van der Waals surface area contributed by atoms with Crippen LogP contribution in [0.5, 0.6) is 0 Å². The van der Waals surface area contributed by atoms with Crippen molar-refractivity contribution in [3.8, 4) is 0 Å². The maximum absolute atomic E-state index is 13.9. The number of fused-ring (bicyclic) bond motifs is 2. The highest BCUT2D eigenvalue weighted by Gasteiger charge is 2.52. The van der Waals surface area contributed by atoms with Crippen molar-refractivity contribution in [2.45, 2.75) is 19.5 Å². The number of rotatable bonds is 5. The number of imide groups is 1. The summed E-state index contributed by atoms with van der Waals surface area (Å²) in [6.07, 6.45) is 1.01. The molecule has 0 spiro atoms. The van der Waals surface area contributed by atoms with E-state index in [1.165, 1.54) is 22.1 Å². The van der Waals surface area contributed by atoms with E-state index in [0.717, 1.165) is 19.5 Å². The number of likely N-dealkylation sites (tertiary alicyclic amines) is 2. The molecular weight excluding hydrogens is 381 g/mol. The van der Waals surface area contributed by atoms with Gasteiger partial charge in [-0.3, -0.25) is 24.3 Å². The van der Waals surface area contributed by atoms with Crippen molar-refractivity contribution < 1.29 is 14.0 Å². The Balaban J connectivity index is 1.18. The van der Waals surface area contributed by atoms with E-state index in [-0.39, 0.29) is 29.5 Å². The Kier molecular flexibility index (Phi) is 5.13. The highest BCUT2D eigenvalue weighted by molar-refractivity contribution is 6.05. The highest BCUT2D eigenvalue weighted by atomic mass is 19.1. The van der Waals surface area contributed by atoms with Crippen LogP contribution in [-0.4, -0.2) is 59.2 Å². The molecule has 3 aliphatic rings. The second-order valence-corrected chi connectivity index (χ2v) is 8.62. The molecule has 0 saturated carbocycles. The van der Waals surface area contributed by atoms with E-state index in [9.17, 15) is 14.0 Å². The molecule has 2 atom stereocenters. The summed E-state index contributed by atoms with van der Waals surface area (Å²) in [5.74, 6) is -0.924. The summed E-state index contributed by atoms with van der Waals surface area (Å²) in [6, 6.07) is 15.2. The molecule has 0 aromatic heterocycles. The summed E-state index contributed by atoms with van der Waals surface area (Å²) in [5, 5.41) is 0. The topological polar surface area (TPSA) is 43.9 Å². The first-order valence-corrected chi connectivity index (χ1v) is 10.7. The molecule has 6 heteroatoms. The molecule has 2 aromatic carbocycles. The third-order valence-corrected chi connectivity index (χ3v) is 6.76. The third kappa shape index (κ3) is 3.55. The van der Waals surface area contributed by atoms with Crippen molar-refractivity contribution in [2.75, 3.05) is 32.7 Å². The Morgan fingerprint density at radius 3 is 2.23 bits per heavy atom. The summed E-state index contributed by atoms with van der Waals surface area (Å²) in [7, 11) is 0. The van der Waals surface area contributed by atoms with Gasteiger partial charge in [0, 0.05) is 51.4 Å². The molecular formula is C24H26FN3O2. The molecule has 2 saturated heterocycles. The summed E-state index contributed by atoms with van der Waals surface area (Å²) in [4.78, 5) is 31.7. The minimum absolute atomic E-state index is 0.0570. The first kappa shape index (κ1) is 19.4. The molecule has 2 amide bonds. The van der Waals surface area contributed by atoms with Crippen LogP contribution in [0.1, 0.15) is 16.7 Å². The Hall–Kier alpha value is -2.57. The van der Waals surface area contributed by atoms with Gasteiger partial charge in [-0.25, -0.2) is 4.39 Å². The first-order chi connectivity index (χ1) is 14.6. The zero-order chi connectivity index (χ0) is 20.7. The van der Waals surface area contributed by atoms with Crippen LogP contribution in [-0.2, 0) is 29.1 Å². The fourth-order valence-electron chi connectivity index (χ4n) is 5.10. The lowest BCUT2D eigenvalue weighted by atomic mass is 10.00. The quantitative estimate of drug-likeness (QED) is 0.714. The molecule has 2 aromatic rings. The summed E-state index contributed by atoms with van der Waals surface area (Å²) >= 11 is 0. The van der Waals surface area contributed by atoms with Gasteiger partial charge in [0.15, 0.2) is 0 Å². The van der Waals surface area contributed by atoms with E-state index in [0.29, 0.717) is 38.3 Å². The lowest BCUT2D eigenvalue weighted by Gasteiger charge is -2.30. The lowest BCUT2D eigenvalue weighted by Crippen LogP contribution is -2.42.